The van der Waals surface area contributed by atoms with E-state index in [1.165, 1.54) is 0 Å². The molecule has 1 atom stereocenters. The van der Waals surface area contributed by atoms with Crippen molar-refractivity contribution in [3.8, 4) is 0 Å². The van der Waals surface area contributed by atoms with Gasteiger partial charge in [0.05, 0.1) is 0 Å². The Morgan fingerprint density at radius 1 is 1.05 bits per heavy atom. The number of benzene rings is 2. The smallest absolute Gasteiger partial charge is 0.192 e. The molecule has 0 N–H and O–H groups in total. The van der Waals surface area contributed by atoms with Crippen LogP contribution < -0.4 is 0 Å². The molecule has 2 heteroatoms. The number of carbonyl (C=O) groups excluding carboxylic acids is 1. The number of hydrogen-bond donors (Lipinski definition) is 0. The van der Waals surface area contributed by atoms with E-state index >= 15 is 0 Å². The monoisotopic (exact) mass is 256 g/mol. The first-order valence-corrected chi connectivity index (χ1v) is 6.49. The number of Topliss-reactive ketones (excluding diaryl/α,β-unsaturated/α-hetero) is 1. The van der Waals surface area contributed by atoms with Gasteiger partial charge in [-0.3, -0.25) is 4.79 Å². The SMILES string of the molecule is COC(C(=O)c1ccc2ccccc2c1)C(C)(C)C. The van der Waals surface area contributed by atoms with Crippen LogP contribution in [0.25, 0.3) is 10.8 Å². The first kappa shape index (κ1) is 13.8. The standard InChI is InChI=1S/C17H20O2/c1-17(2,3)16(19-4)15(18)14-10-9-12-7-5-6-8-13(12)11-14/h5-11,16H,1-4H3. The van der Waals surface area contributed by atoms with Gasteiger partial charge < -0.3 is 4.74 Å². The number of rotatable bonds is 3. The Balaban J connectivity index is 2.41. The molecule has 2 nitrogen and oxygen atoms in total. The average Bonchev–Trinajstić information content (AvgIpc) is 2.37. The molecular formula is C17H20O2. The molecule has 0 amide bonds. The molecule has 0 fully saturated rings. The molecule has 0 aliphatic carbocycles. The van der Waals surface area contributed by atoms with Crippen LogP contribution in [0.15, 0.2) is 42.5 Å². The molecule has 0 heterocycles. The van der Waals surface area contributed by atoms with Crippen LogP contribution in [0.2, 0.25) is 0 Å². The van der Waals surface area contributed by atoms with Gasteiger partial charge in [-0.15, -0.1) is 0 Å². The van der Waals surface area contributed by atoms with Gasteiger partial charge in [-0.2, -0.15) is 0 Å². The highest BCUT2D eigenvalue weighted by Crippen LogP contribution is 2.26. The summed E-state index contributed by atoms with van der Waals surface area (Å²) in [5, 5.41) is 2.22. The first-order valence-electron chi connectivity index (χ1n) is 6.49. The van der Waals surface area contributed by atoms with Gasteiger partial charge in [-0.1, -0.05) is 57.2 Å². The Morgan fingerprint density at radius 2 is 1.68 bits per heavy atom. The molecule has 0 radical (unpaired) electrons. The fourth-order valence-electron chi connectivity index (χ4n) is 2.35. The molecule has 2 rings (SSSR count). The van der Waals surface area contributed by atoms with E-state index in [4.69, 9.17) is 4.74 Å². The van der Waals surface area contributed by atoms with E-state index in [2.05, 4.69) is 0 Å². The minimum absolute atomic E-state index is 0.0424. The lowest BCUT2D eigenvalue weighted by molar-refractivity contribution is 0.0196. The molecule has 0 saturated carbocycles. The Bertz CT molecular complexity index is 593. The van der Waals surface area contributed by atoms with Crippen LogP contribution in [0.5, 0.6) is 0 Å². The van der Waals surface area contributed by atoms with E-state index in [-0.39, 0.29) is 11.2 Å². The lowest BCUT2D eigenvalue weighted by Crippen LogP contribution is -2.36. The number of fused-ring (bicyclic) bond motifs is 1. The van der Waals surface area contributed by atoms with Gasteiger partial charge >= 0.3 is 0 Å². The summed E-state index contributed by atoms with van der Waals surface area (Å²) in [4.78, 5) is 12.5. The van der Waals surface area contributed by atoms with Crippen LogP contribution in [-0.4, -0.2) is 19.0 Å². The molecular weight excluding hydrogens is 236 g/mol. The van der Waals surface area contributed by atoms with E-state index < -0.39 is 6.10 Å². The van der Waals surface area contributed by atoms with Crippen molar-refractivity contribution in [1.29, 1.82) is 0 Å². The van der Waals surface area contributed by atoms with Gasteiger partial charge in [0.1, 0.15) is 6.10 Å². The summed E-state index contributed by atoms with van der Waals surface area (Å²) in [5.74, 6) is 0.0424. The van der Waals surface area contributed by atoms with E-state index in [0.717, 1.165) is 10.8 Å². The number of methoxy groups -OCH3 is 1. The highest BCUT2D eigenvalue weighted by atomic mass is 16.5. The zero-order valence-corrected chi connectivity index (χ0v) is 11.9. The fourth-order valence-corrected chi connectivity index (χ4v) is 2.35. The Labute approximate surface area is 114 Å². The Hall–Kier alpha value is -1.67. The largest absolute Gasteiger partial charge is 0.373 e. The van der Waals surface area contributed by atoms with Gasteiger partial charge in [0.2, 0.25) is 0 Å². The average molecular weight is 256 g/mol. The second kappa shape index (κ2) is 5.14. The molecule has 0 saturated heterocycles. The van der Waals surface area contributed by atoms with E-state index in [0.29, 0.717) is 5.56 Å². The summed E-state index contributed by atoms with van der Waals surface area (Å²) < 4.78 is 5.39. The van der Waals surface area contributed by atoms with Crippen molar-refractivity contribution in [3.63, 3.8) is 0 Å². The summed E-state index contributed by atoms with van der Waals surface area (Å²) in [6.45, 7) is 6.04. The van der Waals surface area contributed by atoms with Crippen molar-refractivity contribution >= 4 is 16.6 Å². The molecule has 0 bridgehead atoms. The van der Waals surface area contributed by atoms with Crippen LogP contribution in [0.3, 0.4) is 0 Å². The summed E-state index contributed by atoms with van der Waals surface area (Å²) in [6.07, 6.45) is -0.423. The third kappa shape index (κ3) is 2.85. The van der Waals surface area contributed by atoms with E-state index in [9.17, 15) is 4.79 Å². The van der Waals surface area contributed by atoms with Crippen LogP contribution in [0.4, 0.5) is 0 Å². The van der Waals surface area contributed by atoms with Crippen LogP contribution in [-0.2, 0) is 4.74 Å². The van der Waals surface area contributed by atoms with Crippen molar-refractivity contribution < 1.29 is 9.53 Å². The van der Waals surface area contributed by atoms with E-state index in [1.807, 2.05) is 63.2 Å². The summed E-state index contributed by atoms with van der Waals surface area (Å²) in [6, 6.07) is 13.8. The highest BCUT2D eigenvalue weighted by Gasteiger charge is 2.31. The van der Waals surface area contributed by atoms with Crippen molar-refractivity contribution in [2.75, 3.05) is 7.11 Å². The number of ketones is 1. The molecule has 0 aromatic heterocycles. The normalized spacial score (nSPS) is 13.5. The third-order valence-corrected chi connectivity index (χ3v) is 3.29. The Kier molecular flexibility index (Phi) is 3.72. The highest BCUT2D eigenvalue weighted by molar-refractivity contribution is 6.03. The quantitative estimate of drug-likeness (QED) is 0.773. The number of ether oxygens (including phenoxy) is 1. The van der Waals surface area contributed by atoms with Crippen molar-refractivity contribution in [1.82, 2.24) is 0 Å². The van der Waals surface area contributed by atoms with Gasteiger partial charge in [0, 0.05) is 12.7 Å². The van der Waals surface area contributed by atoms with Crippen LogP contribution in [0, 0.1) is 5.41 Å². The maximum absolute atomic E-state index is 12.5. The molecule has 2 aromatic carbocycles. The molecule has 2 aromatic rings. The maximum Gasteiger partial charge on any atom is 0.192 e. The molecule has 100 valence electrons. The third-order valence-electron chi connectivity index (χ3n) is 3.29. The van der Waals surface area contributed by atoms with Gasteiger partial charge in [0.25, 0.3) is 0 Å². The minimum atomic E-state index is -0.423. The van der Waals surface area contributed by atoms with E-state index in [1.54, 1.807) is 7.11 Å². The lowest BCUT2D eigenvalue weighted by atomic mass is 9.84. The predicted molar refractivity (Wildman–Crippen MR) is 78.5 cm³/mol. The summed E-state index contributed by atoms with van der Waals surface area (Å²) >= 11 is 0. The molecule has 19 heavy (non-hydrogen) atoms. The topological polar surface area (TPSA) is 26.3 Å². The zero-order chi connectivity index (χ0) is 14.0. The number of hydrogen-bond acceptors (Lipinski definition) is 2. The maximum atomic E-state index is 12.5. The van der Waals surface area contributed by atoms with Crippen molar-refractivity contribution in [3.05, 3.63) is 48.0 Å². The van der Waals surface area contributed by atoms with Crippen molar-refractivity contribution in [2.45, 2.75) is 26.9 Å². The molecule has 0 aliphatic rings. The fraction of sp³-hybridized carbons (Fsp3) is 0.353. The number of carbonyl (C=O) groups is 1. The van der Waals surface area contributed by atoms with Gasteiger partial charge in [-0.25, -0.2) is 0 Å². The van der Waals surface area contributed by atoms with Gasteiger partial charge in [0.15, 0.2) is 5.78 Å². The lowest BCUT2D eigenvalue weighted by Gasteiger charge is -2.28. The summed E-state index contributed by atoms with van der Waals surface area (Å²) in [7, 11) is 1.59. The van der Waals surface area contributed by atoms with Gasteiger partial charge in [-0.05, 0) is 22.3 Å². The van der Waals surface area contributed by atoms with Crippen molar-refractivity contribution in [2.24, 2.45) is 5.41 Å². The second-order valence-corrected chi connectivity index (χ2v) is 5.91. The molecule has 1 unspecified atom stereocenters. The van der Waals surface area contributed by atoms with Crippen LogP contribution in [0.1, 0.15) is 31.1 Å². The Morgan fingerprint density at radius 3 is 2.26 bits per heavy atom. The molecule has 0 aliphatic heterocycles. The summed E-state index contributed by atoms with van der Waals surface area (Å²) in [5.41, 5.74) is 0.498. The first-order chi connectivity index (χ1) is 8.93. The second-order valence-electron chi connectivity index (χ2n) is 5.91. The minimum Gasteiger partial charge on any atom is -0.373 e. The molecule has 0 spiro atoms. The predicted octanol–water partition coefficient (Wildman–Crippen LogP) is 4.08. The van der Waals surface area contributed by atoms with Crippen LogP contribution >= 0.6 is 0 Å². The zero-order valence-electron chi connectivity index (χ0n) is 11.9.